The highest BCUT2D eigenvalue weighted by Gasteiger charge is 2.13. The summed E-state index contributed by atoms with van der Waals surface area (Å²) < 4.78 is 16.1. The summed E-state index contributed by atoms with van der Waals surface area (Å²) in [5.41, 5.74) is 2.76. The molecule has 5 rings (SSSR count). The third-order valence-corrected chi connectivity index (χ3v) is 4.38. The van der Waals surface area contributed by atoms with Gasteiger partial charge in [0, 0.05) is 18.3 Å². The average Bonchev–Trinajstić information content (AvgIpc) is 3.43. The maximum absolute atomic E-state index is 5.40. The van der Waals surface area contributed by atoms with Crippen LogP contribution in [0.5, 0.6) is 11.5 Å². The summed E-state index contributed by atoms with van der Waals surface area (Å²) in [7, 11) is 0. The number of benzene rings is 2. The highest BCUT2D eigenvalue weighted by Crippen LogP contribution is 2.32. The Balaban J connectivity index is 1.26. The van der Waals surface area contributed by atoms with Crippen molar-refractivity contribution in [3.05, 3.63) is 72.4 Å². The fraction of sp³-hybridized carbons (Fsp3) is 0.0952. The second kappa shape index (κ2) is 7.03. The summed E-state index contributed by atoms with van der Waals surface area (Å²) in [4.78, 5) is 8.87. The number of pyridine rings is 1. The predicted octanol–water partition coefficient (Wildman–Crippen LogP) is 4.14. The van der Waals surface area contributed by atoms with Crippen LogP contribution in [0.15, 0.2) is 71.4 Å². The Hall–Kier alpha value is -3.87. The standard InChI is InChI=1S/C21H16N4O3/c1-2-4-15(5-3-1)20-24-21(28-25-20)16-7-9-19(23-12-16)22-11-14-6-8-17-18(10-14)27-13-26-17/h1-10,12H,11,13H2,(H,22,23). The van der Waals surface area contributed by atoms with E-state index in [2.05, 4.69) is 20.4 Å². The van der Waals surface area contributed by atoms with E-state index < -0.39 is 0 Å². The van der Waals surface area contributed by atoms with Crippen LogP contribution in [0.1, 0.15) is 5.56 Å². The van der Waals surface area contributed by atoms with Crippen molar-refractivity contribution in [1.29, 1.82) is 0 Å². The molecule has 0 spiro atoms. The SMILES string of the molecule is c1ccc(-c2noc(-c3ccc(NCc4ccc5c(c4)OCO5)nc3)n2)cc1. The lowest BCUT2D eigenvalue weighted by molar-refractivity contribution is 0.174. The minimum atomic E-state index is 0.275. The van der Waals surface area contributed by atoms with Crippen LogP contribution in [0.4, 0.5) is 5.82 Å². The highest BCUT2D eigenvalue weighted by atomic mass is 16.7. The van der Waals surface area contributed by atoms with E-state index in [1.165, 1.54) is 0 Å². The number of nitrogens with one attached hydrogen (secondary N) is 1. The molecule has 28 heavy (non-hydrogen) atoms. The molecule has 1 N–H and O–H groups in total. The molecule has 138 valence electrons. The zero-order valence-electron chi connectivity index (χ0n) is 14.8. The first-order valence-corrected chi connectivity index (χ1v) is 8.83. The molecule has 0 unspecified atom stereocenters. The van der Waals surface area contributed by atoms with Crippen LogP contribution in [0.3, 0.4) is 0 Å². The Bertz CT molecular complexity index is 1090. The largest absolute Gasteiger partial charge is 0.454 e. The summed E-state index contributed by atoms with van der Waals surface area (Å²) in [6.45, 7) is 0.901. The zero-order valence-corrected chi connectivity index (χ0v) is 14.8. The Kier molecular flexibility index (Phi) is 4.10. The van der Waals surface area contributed by atoms with Crippen molar-refractivity contribution in [3.8, 4) is 34.3 Å². The number of anilines is 1. The number of fused-ring (bicyclic) bond motifs is 1. The van der Waals surface area contributed by atoms with E-state index in [-0.39, 0.29) is 6.79 Å². The quantitative estimate of drug-likeness (QED) is 0.564. The first kappa shape index (κ1) is 16.3. The van der Waals surface area contributed by atoms with Crippen molar-refractivity contribution in [3.63, 3.8) is 0 Å². The number of hydrogen-bond acceptors (Lipinski definition) is 7. The summed E-state index contributed by atoms with van der Waals surface area (Å²) in [5, 5.41) is 7.33. The Morgan fingerprint density at radius 3 is 2.64 bits per heavy atom. The van der Waals surface area contributed by atoms with E-state index in [9.17, 15) is 0 Å². The lowest BCUT2D eigenvalue weighted by atomic mass is 10.2. The molecule has 7 nitrogen and oxygen atoms in total. The van der Waals surface area contributed by atoms with Gasteiger partial charge in [-0.05, 0) is 29.8 Å². The number of aromatic nitrogens is 3. The van der Waals surface area contributed by atoms with Gasteiger partial charge in [-0.1, -0.05) is 41.6 Å². The molecular weight excluding hydrogens is 356 g/mol. The Morgan fingerprint density at radius 1 is 0.893 bits per heavy atom. The van der Waals surface area contributed by atoms with Gasteiger partial charge in [-0.15, -0.1) is 0 Å². The fourth-order valence-corrected chi connectivity index (χ4v) is 2.91. The van der Waals surface area contributed by atoms with Crippen LogP contribution >= 0.6 is 0 Å². The van der Waals surface area contributed by atoms with E-state index in [0.29, 0.717) is 18.3 Å². The number of ether oxygens (including phenoxy) is 2. The number of nitrogens with zero attached hydrogens (tertiary/aromatic N) is 3. The van der Waals surface area contributed by atoms with Crippen LogP contribution in [0.25, 0.3) is 22.8 Å². The van der Waals surface area contributed by atoms with Gasteiger partial charge in [0.05, 0.1) is 5.56 Å². The van der Waals surface area contributed by atoms with E-state index >= 15 is 0 Å². The van der Waals surface area contributed by atoms with Crippen molar-refractivity contribution in [1.82, 2.24) is 15.1 Å². The minimum absolute atomic E-state index is 0.275. The molecule has 0 radical (unpaired) electrons. The smallest absolute Gasteiger partial charge is 0.259 e. The fourth-order valence-electron chi connectivity index (χ4n) is 2.91. The summed E-state index contributed by atoms with van der Waals surface area (Å²) in [6.07, 6.45) is 1.71. The van der Waals surface area contributed by atoms with E-state index in [1.54, 1.807) is 6.20 Å². The van der Waals surface area contributed by atoms with Crippen LogP contribution in [-0.4, -0.2) is 21.9 Å². The van der Waals surface area contributed by atoms with Crippen LogP contribution in [0.2, 0.25) is 0 Å². The Morgan fingerprint density at radius 2 is 1.79 bits per heavy atom. The van der Waals surface area contributed by atoms with Crippen LogP contribution < -0.4 is 14.8 Å². The molecule has 0 aliphatic carbocycles. The molecule has 1 aliphatic rings. The summed E-state index contributed by atoms with van der Waals surface area (Å²) in [6, 6.07) is 19.4. The van der Waals surface area contributed by atoms with Gasteiger partial charge in [-0.25, -0.2) is 4.98 Å². The number of hydrogen-bond donors (Lipinski definition) is 1. The topological polar surface area (TPSA) is 82.3 Å². The van der Waals surface area contributed by atoms with Gasteiger partial charge >= 0.3 is 0 Å². The molecule has 2 aromatic carbocycles. The molecule has 3 heterocycles. The average molecular weight is 372 g/mol. The van der Waals surface area contributed by atoms with Gasteiger partial charge in [0.2, 0.25) is 12.6 Å². The molecule has 1 aliphatic heterocycles. The van der Waals surface area contributed by atoms with E-state index in [0.717, 1.165) is 34.0 Å². The predicted molar refractivity (Wildman–Crippen MR) is 103 cm³/mol. The molecule has 7 heteroatoms. The lowest BCUT2D eigenvalue weighted by Crippen LogP contribution is -2.01. The van der Waals surface area contributed by atoms with Crippen LogP contribution in [-0.2, 0) is 6.54 Å². The summed E-state index contributed by atoms with van der Waals surface area (Å²) in [5.74, 6) is 3.30. The summed E-state index contributed by atoms with van der Waals surface area (Å²) >= 11 is 0. The molecule has 0 amide bonds. The van der Waals surface area contributed by atoms with Gasteiger partial charge in [0.1, 0.15) is 5.82 Å². The van der Waals surface area contributed by atoms with Gasteiger partial charge in [0.15, 0.2) is 11.5 Å². The molecule has 0 bridgehead atoms. The number of rotatable bonds is 5. The van der Waals surface area contributed by atoms with Crippen molar-refractivity contribution in [2.75, 3.05) is 12.1 Å². The third-order valence-electron chi connectivity index (χ3n) is 4.38. The van der Waals surface area contributed by atoms with Gasteiger partial charge < -0.3 is 19.3 Å². The molecule has 2 aromatic heterocycles. The minimum Gasteiger partial charge on any atom is -0.454 e. The van der Waals surface area contributed by atoms with Gasteiger partial charge in [-0.3, -0.25) is 0 Å². The second-order valence-electron chi connectivity index (χ2n) is 6.26. The lowest BCUT2D eigenvalue weighted by Gasteiger charge is -2.06. The van der Waals surface area contributed by atoms with Crippen molar-refractivity contribution in [2.24, 2.45) is 0 Å². The van der Waals surface area contributed by atoms with Crippen molar-refractivity contribution >= 4 is 5.82 Å². The van der Waals surface area contributed by atoms with Gasteiger partial charge in [0.25, 0.3) is 5.89 Å². The second-order valence-corrected chi connectivity index (χ2v) is 6.26. The maximum atomic E-state index is 5.40. The van der Waals surface area contributed by atoms with E-state index in [1.807, 2.05) is 60.7 Å². The Labute approximate surface area is 161 Å². The zero-order chi connectivity index (χ0) is 18.8. The molecule has 0 saturated heterocycles. The molecule has 0 fully saturated rings. The normalized spacial score (nSPS) is 12.1. The molecule has 0 saturated carbocycles. The van der Waals surface area contributed by atoms with Crippen LogP contribution in [0, 0.1) is 0 Å². The first-order chi connectivity index (χ1) is 13.8. The molecule has 0 atom stereocenters. The molecular formula is C21H16N4O3. The van der Waals surface area contributed by atoms with Gasteiger partial charge in [-0.2, -0.15) is 4.98 Å². The molecule has 4 aromatic rings. The first-order valence-electron chi connectivity index (χ1n) is 8.83. The highest BCUT2D eigenvalue weighted by molar-refractivity contribution is 5.60. The van der Waals surface area contributed by atoms with Crippen molar-refractivity contribution < 1.29 is 14.0 Å². The van der Waals surface area contributed by atoms with Crippen molar-refractivity contribution in [2.45, 2.75) is 6.54 Å². The van der Waals surface area contributed by atoms with E-state index in [4.69, 9.17) is 14.0 Å². The maximum Gasteiger partial charge on any atom is 0.259 e. The third kappa shape index (κ3) is 3.25. The monoisotopic (exact) mass is 372 g/mol.